The highest BCUT2D eigenvalue weighted by molar-refractivity contribution is 7.85. The number of phenols is 2. The van der Waals surface area contributed by atoms with Gasteiger partial charge in [-0.25, -0.2) is 0 Å². The summed E-state index contributed by atoms with van der Waals surface area (Å²) >= 11 is 0. The van der Waals surface area contributed by atoms with Gasteiger partial charge < -0.3 is 15.9 Å². The van der Waals surface area contributed by atoms with Crippen LogP contribution in [0.5, 0.6) is 11.5 Å². The minimum Gasteiger partial charge on any atom is -0.508 e. The number of non-ortho nitro benzene ring substituents is 1. The quantitative estimate of drug-likeness (QED) is 0.174. The molecule has 0 spiro atoms. The maximum atomic E-state index is 10.8. The van der Waals surface area contributed by atoms with Crippen molar-refractivity contribution in [3.63, 3.8) is 0 Å². The van der Waals surface area contributed by atoms with E-state index in [2.05, 4.69) is 0 Å². The van der Waals surface area contributed by atoms with E-state index < -0.39 is 15.0 Å². The monoisotopic (exact) mass is 378 g/mol. The molecule has 0 aromatic heterocycles. The van der Waals surface area contributed by atoms with E-state index in [4.69, 9.17) is 15.4 Å². The third-order valence-electron chi connectivity index (χ3n) is 3.32. The van der Waals surface area contributed by atoms with Crippen LogP contribution < -0.4 is 5.73 Å². The number of phenolic OH excluding ortho intramolecular Hbond substituents is 2. The van der Waals surface area contributed by atoms with Crippen LogP contribution in [0.15, 0.2) is 59.5 Å². The maximum absolute atomic E-state index is 10.8. The zero-order chi connectivity index (χ0) is 19.5. The van der Waals surface area contributed by atoms with E-state index in [1.54, 1.807) is 6.07 Å². The Morgan fingerprint density at radius 2 is 1.54 bits per heavy atom. The van der Waals surface area contributed by atoms with Crippen LogP contribution in [0.3, 0.4) is 0 Å². The molecule has 0 aliphatic rings. The van der Waals surface area contributed by atoms with E-state index in [0.717, 1.165) is 6.07 Å². The Morgan fingerprint density at radius 1 is 0.923 bits per heavy atom. The third-order valence-corrected chi connectivity index (χ3v) is 4.16. The largest absolute Gasteiger partial charge is 0.508 e. The van der Waals surface area contributed by atoms with Crippen LogP contribution >= 0.6 is 0 Å². The first-order valence-electron chi connectivity index (χ1n) is 7.01. The Morgan fingerprint density at radius 3 is 2.12 bits per heavy atom. The second-order valence-electron chi connectivity index (χ2n) is 5.17. The third kappa shape index (κ3) is 4.59. The van der Waals surface area contributed by atoms with E-state index in [1.807, 2.05) is 0 Å². The van der Waals surface area contributed by atoms with Gasteiger partial charge >= 0.3 is 0 Å². The van der Waals surface area contributed by atoms with E-state index in [0.29, 0.717) is 10.8 Å². The first-order valence-corrected chi connectivity index (χ1v) is 8.45. The SMILES string of the molecule is Nc1cc([N+](=O)[O-])ccc1O.O=S(=O)(O)c1ccc2cc(O)ccc2c1. The molecule has 5 N–H and O–H groups in total. The first-order chi connectivity index (χ1) is 12.1. The van der Waals surface area contributed by atoms with Crippen LogP contribution in [0.2, 0.25) is 0 Å². The van der Waals surface area contributed by atoms with Gasteiger partial charge in [-0.2, -0.15) is 8.42 Å². The highest BCUT2D eigenvalue weighted by Crippen LogP contribution is 2.24. The molecule has 136 valence electrons. The maximum Gasteiger partial charge on any atom is 0.294 e. The number of hydrogen-bond donors (Lipinski definition) is 4. The van der Waals surface area contributed by atoms with Crippen molar-refractivity contribution in [2.45, 2.75) is 4.90 Å². The molecule has 0 unspecified atom stereocenters. The minimum atomic E-state index is -4.17. The zero-order valence-corrected chi connectivity index (χ0v) is 13.9. The van der Waals surface area contributed by atoms with Crippen LogP contribution in [-0.4, -0.2) is 28.1 Å². The first kappa shape index (κ1) is 19.0. The van der Waals surface area contributed by atoms with Crippen molar-refractivity contribution < 1.29 is 28.1 Å². The van der Waals surface area contributed by atoms with Crippen LogP contribution in [0.25, 0.3) is 10.8 Å². The number of fused-ring (bicyclic) bond motifs is 1. The number of benzene rings is 3. The fourth-order valence-corrected chi connectivity index (χ4v) is 2.54. The Labute approximate surface area is 147 Å². The van der Waals surface area contributed by atoms with E-state index in [9.17, 15) is 23.6 Å². The fourth-order valence-electron chi connectivity index (χ4n) is 2.03. The summed E-state index contributed by atoms with van der Waals surface area (Å²) in [6.45, 7) is 0. The highest BCUT2D eigenvalue weighted by Gasteiger charge is 2.09. The summed E-state index contributed by atoms with van der Waals surface area (Å²) in [4.78, 5) is 9.41. The van der Waals surface area contributed by atoms with Crippen LogP contribution in [-0.2, 0) is 10.1 Å². The molecule has 0 saturated heterocycles. The van der Waals surface area contributed by atoms with Crippen molar-refractivity contribution in [1.29, 1.82) is 0 Å². The van der Waals surface area contributed by atoms with Crippen LogP contribution in [0.1, 0.15) is 0 Å². The Hall–Kier alpha value is -3.37. The molecule has 3 aromatic carbocycles. The molecule has 0 atom stereocenters. The molecule has 3 rings (SSSR count). The molecular formula is C16H14N2O7S. The van der Waals surface area contributed by atoms with Gasteiger partial charge in [0.1, 0.15) is 11.5 Å². The standard InChI is InChI=1S/C10H8O4S.C6H6N2O3/c11-9-3-1-8-6-10(15(12,13)14)4-2-7(8)5-9;7-5-3-4(8(10)11)1-2-6(5)9/h1-6,11H,(H,12,13,14);1-3,9H,7H2. The average molecular weight is 378 g/mol. The van der Waals surface area contributed by atoms with Crippen molar-refractivity contribution >= 4 is 32.3 Å². The Bertz CT molecular complexity index is 1080. The highest BCUT2D eigenvalue weighted by atomic mass is 32.2. The zero-order valence-electron chi connectivity index (χ0n) is 13.1. The lowest BCUT2D eigenvalue weighted by Gasteiger charge is -2.01. The van der Waals surface area contributed by atoms with Gasteiger partial charge in [-0.3, -0.25) is 14.7 Å². The number of nitrogens with two attached hydrogens (primary N) is 1. The topological polar surface area (TPSA) is 164 Å². The molecule has 3 aromatic rings. The summed E-state index contributed by atoms with van der Waals surface area (Å²) in [5, 5.41) is 29.6. The number of nitrogens with zero attached hydrogens (tertiary/aromatic N) is 1. The molecule has 0 aliphatic carbocycles. The van der Waals surface area contributed by atoms with Crippen LogP contribution in [0, 0.1) is 10.1 Å². The second-order valence-corrected chi connectivity index (χ2v) is 6.59. The minimum absolute atomic E-state index is 0.0131. The average Bonchev–Trinajstić information content (AvgIpc) is 2.56. The van der Waals surface area contributed by atoms with E-state index in [-0.39, 0.29) is 27.8 Å². The number of nitro groups is 1. The van der Waals surface area contributed by atoms with Crippen molar-refractivity contribution in [2.24, 2.45) is 0 Å². The lowest BCUT2D eigenvalue weighted by Crippen LogP contribution is -1.97. The molecule has 10 heteroatoms. The molecule has 0 saturated carbocycles. The lowest BCUT2D eigenvalue weighted by molar-refractivity contribution is -0.384. The Kier molecular flexibility index (Phi) is 5.29. The normalized spacial score (nSPS) is 10.8. The summed E-state index contributed by atoms with van der Waals surface area (Å²) in [6, 6.07) is 12.2. The summed E-state index contributed by atoms with van der Waals surface area (Å²) in [6.07, 6.45) is 0. The second kappa shape index (κ2) is 7.25. The number of aromatic hydroxyl groups is 2. The summed E-state index contributed by atoms with van der Waals surface area (Å²) < 4.78 is 30.5. The van der Waals surface area contributed by atoms with Crippen molar-refractivity contribution in [2.75, 3.05) is 5.73 Å². The van der Waals surface area contributed by atoms with Gasteiger partial charge in [-0.05, 0) is 41.1 Å². The van der Waals surface area contributed by atoms with E-state index in [1.165, 1.54) is 42.5 Å². The molecule has 0 heterocycles. The van der Waals surface area contributed by atoms with Gasteiger partial charge in [-0.1, -0.05) is 12.1 Å². The Balaban J connectivity index is 0.000000197. The van der Waals surface area contributed by atoms with Crippen LogP contribution in [0.4, 0.5) is 11.4 Å². The predicted octanol–water partition coefficient (Wildman–Crippen LogP) is 2.67. The van der Waals surface area contributed by atoms with E-state index >= 15 is 0 Å². The summed E-state index contributed by atoms with van der Waals surface area (Å²) in [5.41, 5.74) is 5.09. The molecule has 0 bridgehead atoms. The van der Waals surface area contributed by atoms with Gasteiger partial charge in [0.05, 0.1) is 15.5 Å². The summed E-state index contributed by atoms with van der Waals surface area (Å²) in [5.74, 6) is -0.0299. The number of rotatable bonds is 2. The number of hydrogen-bond acceptors (Lipinski definition) is 7. The molecule has 9 nitrogen and oxygen atoms in total. The van der Waals surface area contributed by atoms with Gasteiger partial charge in [0.2, 0.25) is 0 Å². The molecule has 0 amide bonds. The van der Waals surface area contributed by atoms with Gasteiger partial charge in [0.25, 0.3) is 15.8 Å². The van der Waals surface area contributed by atoms with Crippen molar-refractivity contribution in [3.8, 4) is 11.5 Å². The molecular weight excluding hydrogens is 364 g/mol. The smallest absolute Gasteiger partial charge is 0.294 e. The molecule has 0 aliphatic heterocycles. The summed E-state index contributed by atoms with van der Waals surface area (Å²) in [7, 11) is -4.17. The van der Waals surface area contributed by atoms with Gasteiger partial charge in [0, 0.05) is 12.1 Å². The predicted molar refractivity (Wildman–Crippen MR) is 94.6 cm³/mol. The number of nitro benzene ring substituents is 1. The fraction of sp³-hybridized carbons (Fsp3) is 0. The van der Waals surface area contributed by atoms with Crippen molar-refractivity contribution in [3.05, 3.63) is 64.7 Å². The number of anilines is 1. The molecule has 0 fully saturated rings. The van der Waals surface area contributed by atoms with Gasteiger partial charge in [-0.15, -0.1) is 0 Å². The molecule has 0 radical (unpaired) electrons. The van der Waals surface area contributed by atoms with Gasteiger partial charge in [0.15, 0.2) is 0 Å². The number of nitrogen functional groups attached to an aromatic ring is 1. The molecule has 26 heavy (non-hydrogen) atoms. The van der Waals surface area contributed by atoms with Crippen molar-refractivity contribution in [1.82, 2.24) is 0 Å². The lowest BCUT2D eigenvalue weighted by atomic mass is 10.1.